The van der Waals surface area contributed by atoms with Crippen LogP contribution in [-0.2, 0) is 0 Å². The van der Waals surface area contributed by atoms with Gasteiger partial charge in [-0.3, -0.25) is 4.79 Å². The lowest BCUT2D eigenvalue weighted by molar-refractivity contribution is 0.0955. The molecule has 0 bridgehead atoms. The predicted molar refractivity (Wildman–Crippen MR) is 115 cm³/mol. The molecular formula is C21H22ClN5O2. The summed E-state index contributed by atoms with van der Waals surface area (Å²) in [6.07, 6.45) is 0. The first kappa shape index (κ1) is 20.4. The summed E-state index contributed by atoms with van der Waals surface area (Å²) < 4.78 is 5.16. The third kappa shape index (κ3) is 6.08. The maximum absolute atomic E-state index is 12.1. The van der Waals surface area contributed by atoms with E-state index in [0.717, 1.165) is 17.1 Å². The highest BCUT2D eigenvalue weighted by atomic mass is 35.5. The first-order valence-electron chi connectivity index (χ1n) is 9.08. The highest BCUT2D eigenvalue weighted by Crippen LogP contribution is 2.19. The molecule has 7 nitrogen and oxygen atoms in total. The van der Waals surface area contributed by atoms with Crippen LogP contribution in [0.1, 0.15) is 16.1 Å². The van der Waals surface area contributed by atoms with Crippen molar-refractivity contribution in [2.45, 2.75) is 6.92 Å². The molecule has 0 aliphatic carbocycles. The second-order valence-electron chi connectivity index (χ2n) is 6.26. The third-order valence-corrected chi connectivity index (χ3v) is 4.27. The quantitative estimate of drug-likeness (QED) is 0.485. The normalized spacial score (nSPS) is 10.3. The molecule has 2 aromatic carbocycles. The molecule has 0 aliphatic rings. The smallest absolute Gasteiger partial charge is 0.251 e. The number of anilines is 3. The Bertz CT molecular complexity index is 962. The summed E-state index contributed by atoms with van der Waals surface area (Å²) in [5.41, 5.74) is 2.28. The maximum atomic E-state index is 12.1. The third-order valence-electron chi connectivity index (χ3n) is 4.02. The van der Waals surface area contributed by atoms with Crippen LogP contribution in [0.15, 0.2) is 54.6 Å². The zero-order valence-electron chi connectivity index (χ0n) is 16.2. The Morgan fingerprint density at radius 3 is 2.45 bits per heavy atom. The second-order valence-corrected chi connectivity index (χ2v) is 6.70. The number of benzene rings is 2. The minimum Gasteiger partial charge on any atom is -0.497 e. The molecule has 0 saturated carbocycles. The summed E-state index contributed by atoms with van der Waals surface area (Å²) in [5, 5.41) is 9.81. The molecule has 3 rings (SSSR count). The molecule has 150 valence electrons. The standard InChI is InChI=1S/C21H22ClN5O2/c1-14-13-19(26-17-7-9-18(29-2)10-8-17)27-21(25-14)24-12-11-23-20(28)15-3-5-16(22)6-4-15/h3-10,13H,11-12H2,1-2H3,(H,23,28)(H2,24,25,26,27). The van der Waals surface area contributed by atoms with E-state index < -0.39 is 0 Å². The van der Waals surface area contributed by atoms with Gasteiger partial charge in [-0.1, -0.05) is 11.6 Å². The Morgan fingerprint density at radius 1 is 1.03 bits per heavy atom. The van der Waals surface area contributed by atoms with E-state index in [0.29, 0.717) is 35.4 Å². The van der Waals surface area contributed by atoms with Gasteiger partial charge in [0, 0.05) is 41.1 Å². The Labute approximate surface area is 174 Å². The molecule has 0 spiro atoms. The van der Waals surface area contributed by atoms with Crippen LogP contribution in [-0.4, -0.2) is 36.1 Å². The van der Waals surface area contributed by atoms with Crippen molar-refractivity contribution in [1.82, 2.24) is 15.3 Å². The van der Waals surface area contributed by atoms with Crippen LogP contribution in [0.2, 0.25) is 5.02 Å². The van der Waals surface area contributed by atoms with Crippen molar-refractivity contribution in [3.05, 3.63) is 70.9 Å². The van der Waals surface area contributed by atoms with Crippen LogP contribution in [0.25, 0.3) is 0 Å². The zero-order chi connectivity index (χ0) is 20.6. The highest BCUT2D eigenvalue weighted by molar-refractivity contribution is 6.30. The number of carbonyl (C=O) groups is 1. The van der Waals surface area contributed by atoms with E-state index in [1.165, 1.54) is 0 Å². The summed E-state index contributed by atoms with van der Waals surface area (Å²) >= 11 is 5.83. The summed E-state index contributed by atoms with van der Waals surface area (Å²) in [4.78, 5) is 20.9. The van der Waals surface area contributed by atoms with Crippen molar-refractivity contribution < 1.29 is 9.53 Å². The van der Waals surface area contributed by atoms with E-state index in [4.69, 9.17) is 16.3 Å². The molecule has 29 heavy (non-hydrogen) atoms. The lowest BCUT2D eigenvalue weighted by atomic mass is 10.2. The first-order chi connectivity index (χ1) is 14.0. The number of hydrogen-bond donors (Lipinski definition) is 3. The Balaban J connectivity index is 1.52. The van der Waals surface area contributed by atoms with Gasteiger partial charge in [0.25, 0.3) is 5.91 Å². The van der Waals surface area contributed by atoms with Crippen molar-refractivity contribution in [1.29, 1.82) is 0 Å². The number of aryl methyl sites for hydroxylation is 1. The van der Waals surface area contributed by atoms with Crippen molar-refractivity contribution in [2.24, 2.45) is 0 Å². The largest absolute Gasteiger partial charge is 0.497 e. The molecule has 0 fully saturated rings. The zero-order valence-corrected chi connectivity index (χ0v) is 17.0. The average molecular weight is 412 g/mol. The monoisotopic (exact) mass is 411 g/mol. The van der Waals surface area contributed by atoms with Crippen LogP contribution in [0.5, 0.6) is 5.75 Å². The van der Waals surface area contributed by atoms with E-state index in [1.54, 1.807) is 31.4 Å². The summed E-state index contributed by atoms with van der Waals surface area (Å²) in [7, 11) is 1.63. The number of ether oxygens (including phenoxy) is 1. The van der Waals surface area contributed by atoms with Gasteiger partial charge in [-0.25, -0.2) is 4.98 Å². The molecule has 3 N–H and O–H groups in total. The molecule has 0 unspecified atom stereocenters. The van der Waals surface area contributed by atoms with Gasteiger partial charge < -0.3 is 20.7 Å². The van der Waals surface area contributed by atoms with Crippen LogP contribution in [0, 0.1) is 6.92 Å². The first-order valence-corrected chi connectivity index (χ1v) is 9.46. The van der Waals surface area contributed by atoms with Crippen molar-refractivity contribution >= 4 is 35.0 Å². The van der Waals surface area contributed by atoms with Gasteiger partial charge in [0.2, 0.25) is 5.95 Å². The molecular weight excluding hydrogens is 390 g/mol. The van der Waals surface area contributed by atoms with Crippen molar-refractivity contribution in [2.75, 3.05) is 30.8 Å². The summed E-state index contributed by atoms with van der Waals surface area (Å²) in [5.74, 6) is 1.80. The number of nitrogens with zero attached hydrogens (tertiary/aromatic N) is 2. The topological polar surface area (TPSA) is 88.2 Å². The summed E-state index contributed by atoms with van der Waals surface area (Å²) in [6.45, 7) is 2.82. The second kappa shape index (κ2) is 9.75. The SMILES string of the molecule is COc1ccc(Nc2cc(C)nc(NCCNC(=O)c3ccc(Cl)cc3)n2)cc1. The van der Waals surface area contributed by atoms with Crippen molar-refractivity contribution in [3.8, 4) is 5.75 Å². The van der Waals surface area contributed by atoms with Gasteiger partial charge in [-0.15, -0.1) is 0 Å². The van der Waals surface area contributed by atoms with Crippen LogP contribution in [0.4, 0.5) is 17.5 Å². The molecule has 1 aromatic heterocycles. The molecule has 3 aromatic rings. The van der Waals surface area contributed by atoms with Crippen LogP contribution >= 0.6 is 11.6 Å². The van der Waals surface area contributed by atoms with E-state index in [1.807, 2.05) is 37.3 Å². The molecule has 0 aliphatic heterocycles. The maximum Gasteiger partial charge on any atom is 0.251 e. The number of halogens is 1. The highest BCUT2D eigenvalue weighted by Gasteiger charge is 2.06. The van der Waals surface area contributed by atoms with E-state index in [2.05, 4.69) is 25.9 Å². The minimum atomic E-state index is -0.157. The molecule has 0 saturated heterocycles. The lowest BCUT2D eigenvalue weighted by Crippen LogP contribution is -2.29. The minimum absolute atomic E-state index is 0.157. The van der Waals surface area contributed by atoms with Crippen LogP contribution in [0.3, 0.4) is 0 Å². The predicted octanol–water partition coefficient (Wildman–Crippen LogP) is 4.03. The number of rotatable bonds is 8. The fourth-order valence-electron chi connectivity index (χ4n) is 2.59. The number of aromatic nitrogens is 2. The molecule has 1 amide bonds. The van der Waals surface area contributed by atoms with Crippen molar-refractivity contribution in [3.63, 3.8) is 0 Å². The van der Waals surface area contributed by atoms with Gasteiger partial charge in [0.05, 0.1) is 7.11 Å². The molecule has 0 atom stereocenters. The Hall–Kier alpha value is -3.32. The fourth-order valence-corrected chi connectivity index (χ4v) is 2.71. The number of nitrogens with one attached hydrogen (secondary N) is 3. The van der Waals surface area contributed by atoms with Crippen LogP contribution < -0.4 is 20.7 Å². The van der Waals surface area contributed by atoms with Gasteiger partial charge in [0.1, 0.15) is 11.6 Å². The van der Waals surface area contributed by atoms with Gasteiger partial charge >= 0.3 is 0 Å². The van der Waals surface area contributed by atoms with E-state index in [9.17, 15) is 4.79 Å². The number of amides is 1. The Morgan fingerprint density at radius 2 is 1.76 bits per heavy atom. The number of methoxy groups -OCH3 is 1. The molecule has 0 radical (unpaired) electrons. The average Bonchev–Trinajstić information content (AvgIpc) is 2.72. The molecule has 8 heteroatoms. The van der Waals surface area contributed by atoms with Gasteiger partial charge in [-0.05, 0) is 55.5 Å². The number of hydrogen-bond acceptors (Lipinski definition) is 6. The van der Waals surface area contributed by atoms with Gasteiger partial charge in [0.15, 0.2) is 0 Å². The Kier molecular flexibility index (Phi) is 6.86. The molecule has 1 heterocycles. The van der Waals surface area contributed by atoms with E-state index in [-0.39, 0.29) is 5.91 Å². The lowest BCUT2D eigenvalue weighted by Gasteiger charge is -2.11. The van der Waals surface area contributed by atoms with Gasteiger partial charge in [-0.2, -0.15) is 4.98 Å². The van der Waals surface area contributed by atoms with E-state index >= 15 is 0 Å². The number of carbonyl (C=O) groups excluding carboxylic acids is 1. The summed E-state index contributed by atoms with van der Waals surface area (Å²) in [6, 6.07) is 16.2. The fraction of sp³-hybridized carbons (Fsp3) is 0.190.